The predicted molar refractivity (Wildman–Crippen MR) is 65.4 cm³/mol. The molecule has 15 heavy (non-hydrogen) atoms. The van der Waals surface area contributed by atoms with Crippen molar-refractivity contribution in [3.8, 4) is 0 Å². The highest BCUT2D eigenvalue weighted by atomic mass is 16.5. The van der Waals surface area contributed by atoms with Gasteiger partial charge >= 0.3 is 0 Å². The first-order chi connectivity index (χ1) is 7.07. The lowest BCUT2D eigenvalue weighted by Crippen LogP contribution is -2.38. The molecule has 0 saturated heterocycles. The summed E-state index contributed by atoms with van der Waals surface area (Å²) < 4.78 is 5.11. The van der Waals surface area contributed by atoms with E-state index in [1.807, 2.05) is 0 Å². The number of hydrogen-bond donors (Lipinski definition) is 1. The summed E-state index contributed by atoms with van der Waals surface area (Å²) in [5.74, 6) is 0. The Morgan fingerprint density at radius 3 is 2.27 bits per heavy atom. The Hall–Kier alpha value is -0.160. The lowest BCUT2D eigenvalue weighted by Gasteiger charge is -2.24. The molecule has 1 N–H and O–H groups in total. The van der Waals surface area contributed by atoms with E-state index >= 15 is 0 Å². The number of nitrogens with zero attached hydrogens (tertiary/aromatic N) is 2. The van der Waals surface area contributed by atoms with Crippen LogP contribution in [0.3, 0.4) is 0 Å². The van der Waals surface area contributed by atoms with Gasteiger partial charge < -0.3 is 19.9 Å². The van der Waals surface area contributed by atoms with Crippen LogP contribution in [0.4, 0.5) is 0 Å². The van der Waals surface area contributed by atoms with Crippen LogP contribution in [-0.2, 0) is 4.74 Å². The first kappa shape index (κ1) is 14.8. The van der Waals surface area contributed by atoms with Crippen molar-refractivity contribution < 1.29 is 4.74 Å². The summed E-state index contributed by atoms with van der Waals surface area (Å²) in [6.45, 7) is 7.24. The van der Waals surface area contributed by atoms with Crippen molar-refractivity contribution in [1.82, 2.24) is 15.1 Å². The molecule has 0 aromatic heterocycles. The Bertz CT molecular complexity index is 142. The van der Waals surface area contributed by atoms with Crippen molar-refractivity contribution in [2.24, 2.45) is 0 Å². The Labute approximate surface area is 94.6 Å². The minimum absolute atomic E-state index is 0.491. The zero-order valence-corrected chi connectivity index (χ0v) is 10.9. The molecule has 4 nitrogen and oxygen atoms in total. The maximum Gasteiger partial charge on any atom is 0.0615 e. The Kier molecular flexibility index (Phi) is 9.00. The van der Waals surface area contributed by atoms with E-state index in [0.717, 1.165) is 32.8 Å². The second-order valence-electron chi connectivity index (χ2n) is 4.34. The zero-order chi connectivity index (χ0) is 11.7. The van der Waals surface area contributed by atoms with E-state index in [4.69, 9.17) is 4.74 Å². The van der Waals surface area contributed by atoms with Gasteiger partial charge in [-0.15, -0.1) is 0 Å². The molecule has 0 bridgehead atoms. The van der Waals surface area contributed by atoms with E-state index < -0.39 is 0 Å². The van der Waals surface area contributed by atoms with Gasteiger partial charge in [-0.05, 0) is 28.1 Å². The molecule has 0 aliphatic rings. The first-order valence-electron chi connectivity index (χ1n) is 5.62. The molecular weight excluding hydrogens is 190 g/mol. The topological polar surface area (TPSA) is 27.7 Å². The smallest absolute Gasteiger partial charge is 0.0615 e. The van der Waals surface area contributed by atoms with Crippen LogP contribution in [0.5, 0.6) is 0 Å². The highest BCUT2D eigenvalue weighted by molar-refractivity contribution is 4.63. The van der Waals surface area contributed by atoms with E-state index in [0.29, 0.717) is 6.04 Å². The minimum atomic E-state index is 0.491. The molecule has 1 atom stereocenters. The van der Waals surface area contributed by atoms with E-state index in [9.17, 15) is 0 Å². The Morgan fingerprint density at radius 2 is 1.73 bits per heavy atom. The quantitative estimate of drug-likeness (QED) is 0.555. The molecule has 0 rings (SSSR count). The van der Waals surface area contributed by atoms with Crippen molar-refractivity contribution >= 4 is 0 Å². The summed E-state index contributed by atoms with van der Waals surface area (Å²) >= 11 is 0. The highest BCUT2D eigenvalue weighted by Crippen LogP contribution is 1.93. The average Bonchev–Trinajstić information content (AvgIpc) is 2.16. The summed E-state index contributed by atoms with van der Waals surface area (Å²) in [7, 11) is 8.07. The van der Waals surface area contributed by atoms with Gasteiger partial charge in [0.1, 0.15) is 0 Å². The van der Waals surface area contributed by atoms with Crippen LogP contribution in [0.25, 0.3) is 0 Å². The maximum absolute atomic E-state index is 5.11. The van der Waals surface area contributed by atoms with Crippen molar-refractivity contribution in [3.05, 3.63) is 0 Å². The summed E-state index contributed by atoms with van der Waals surface area (Å²) in [5.41, 5.74) is 0. The normalized spacial score (nSPS) is 13.8. The fourth-order valence-electron chi connectivity index (χ4n) is 1.27. The van der Waals surface area contributed by atoms with Crippen LogP contribution in [-0.4, -0.2) is 76.9 Å². The van der Waals surface area contributed by atoms with Gasteiger partial charge in [-0.3, -0.25) is 0 Å². The fourth-order valence-corrected chi connectivity index (χ4v) is 1.27. The number of methoxy groups -OCH3 is 1. The highest BCUT2D eigenvalue weighted by Gasteiger charge is 2.07. The van der Waals surface area contributed by atoms with Crippen LogP contribution in [0.1, 0.15) is 6.92 Å². The fraction of sp³-hybridized carbons (Fsp3) is 1.00. The molecule has 0 fully saturated rings. The molecule has 0 aliphatic heterocycles. The second kappa shape index (κ2) is 9.09. The molecule has 0 amide bonds. The van der Waals surface area contributed by atoms with Crippen molar-refractivity contribution in [2.75, 3.05) is 61.0 Å². The van der Waals surface area contributed by atoms with E-state index in [1.54, 1.807) is 7.11 Å². The third-order valence-corrected chi connectivity index (χ3v) is 2.54. The van der Waals surface area contributed by atoms with Crippen LogP contribution >= 0.6 is 0 Å². The molecule has 0 spiro atoms. The first-order valence-corrected chi connectivity index (χ1v) is 5.62. The third-order valence-electron chi connectivity index (χ3n) is 2.54. The second-order valence-corrected chi connectivity index (χ2v) is 4.34. The molecule has 92 valence electrons. The largest absolute Gasteiger partial charge is 0.383 e. The van der Waals surface area contributed by atoms with Crippen molar-refractivity contribution in [1.29, 1.82) is 0 Å². The van der Waals surface area contributed by atoms with Gasteiger partial charge in [0.2, 0.25) is 0 Å². The molecule has 0 aromatic carbocycles. The molecule has 0 heterocycles. The van der Waals surface area contributed by atoms with Crippen LogP contribution < -0.4 is 5.32 Å². The number of ether oxygens (including phenoxy) is 1. The van der Waals surface area contributed by atoms with E-state index in [1.165, 1.54) is 0 Å². The van der Waals surface area contributed by atoms with Gasteiger partial charge in [0.25, 0.3) is 0 Å². The van der Waals surface area contributed by atoms with Crippen LogP contribution in [0.15, 0.2) is 0 Å². The predicted octanol–water partition coefficient (Wildman–Crippen LogP) is 0.104. The lowest BCUT2D eigenvalue weighted by atomic mass is 10.3. The van der Waals surface area contributed by atoms with Crippen molar-refractivity contribution in [3.63, 3.8) is 0 Å². The van der Waals surface area contributed by atoms with E-state index in [-0.39, 0.29) is 0 Å². The number of rotatable bonds is 9. The summed E-state index contributed by atoms with van der Waals surface area (Å²) in [5, 5.41) is 3.42. The minimum Gasteiger partial charge on any atom is -0.383 e. The maximum atomic E-state index is 5.11. The Morgan fingerprint density at radius 1 is 1.13 bits per heavy atom. The molecule has 4 heteroatoms. The SMILES string of the molecule is COCC(C)N(C)CCNCCN(C)C. The Balaban J connectivity index is 3.34. The summed E-state index contributed by atoms with van der Waals surface area (Å²) in [4.78, 5) is 4.50. The number of likely N-dealkylation sites (N-methyl/N-ethyl adjacent to an activating group) is 2. The number of nitrogens with one attached hydrogen (secondary N) is 1. The molecule has 1 unspecified atom stereocenters. The molecule has 0 aliphatic carbocycles. The molecular formula is C11H27N3O. The van der Waals surface area contributed by atoms with Gasteiger partial charge in [0.15, 0.2) is 0 Å². The molecule has 0 aromatic rings. The van der Waals surface area contributed by atoms with Crippen LogP contribution in [0, 0.1) is 0 Å². The standard InChI is InChI=1S/C11H27N3O/c1-11(10-15-5)14(4)9-7-12-6-8-13(2)3/h11-12H,6-10H2,1-5H3. The average molecular weight is 217 g/mol. The molecule has 0 radical (unpaired) electrons. The van der Waals surface area contributed by atoms with Gasteiger partial charge in [-0.25, -0.2) is 0 Å². The summed E-state index contributed by atoms with van der Waals surface area (Å²) in [6, 6.07) is 0.491. The zero-order valence-electron chi connectivity index (χ0n) is 10.9. The van der Waals surface area contributed by atoms with Gasteiger partial charge in [0.05, 0.1) is 6.61 Å². The van der Waals surface area contributed by atoms with Crippen LogP contribution in [0.2, 0.25) is 0 Å². The number of hydrogen-bond acceptors (Lipinski definition) is 4. The van der Waals surface area contributed by atoms with Gasteiger partial charge in [-0.2, -0.15) is 0 Å². The third kappa shape index (κ3) is 8.81. The molecule has 0 saturated carbocycles. The summed E-state index contributed by atoms with van der Waals surface area (Å²) in [6.07, 6.45) is 0. The van der Waals surface area contributed by atoms with Gasteiger partial charge in [0, 0.05) is 39.3 Å². The monoisotopic (exact) mass is 217 g/mol. The van der Waals surface area contributed by atoms with Crippen molar-refractivity contribution in [2.45, 2.75) is 13.0 Å². The lowest BCUT2D eigenvalue weighted by molar-refractivity contribution is 0.116. The van der Waals surface area contributed by atoms with Gasteiger partial charge in [-0.1, -0.05) is 0 Å². The van der Waals surface area contributed by atoms with E-state index in [2.05, 4.69) is 43.2 Å².